The molecule has 0 aliphatic carbocycles. The highest BCUT2D eigenvalue weighted by atomic mass is 14.9. The maximum atomic E-state index is 6.10. The Morgan fingerprint density at radius 2 is 2.11 bits per heavy atom. The lowest BCUT2D eigenvalue weighted by Gasteiger charge is -2.11. The van der Waals surface area contributed by atoms with Crippen LogP contribution in [-0.2, 0) is 13.5 Å². The van der Waals surface area contributed by atoms with Crippen molar-refractivity contribution in [1.82, 2.24) is 4.57 Å². The van der Waals surface area contributed by atoms with Crippen molar-refractivity contribution in [1.29, 1.82) is 0 Å². The molecule has 1 aromatic carbocycles. The third-order valence-corrected chi connectivity index (χ3v) is 3.51. The van der Waals surface area contributed by atoms with Crippen LogP contribution in [0.5, 0.6) is 0 Å². The zero-order valence-corrected chi connectivity index (χ0v) is 11.3. The van der Waals surface area contributed by atoms with Gasteiger partial charge in [0.05, 0.1) is 11.2 Å². The summed E-state index contributed by atoms with van der Waals surface area (Å²) in [4.78, 5) is 0. The zero-order chi connectivity index (χ0) is 13.4. The first-order chi connectivity index (χ1) is 8.41. The summed E-state index contributed by atoms with van der Waals surface area (Å²) in [6.45, 7) is 8.00. The highest BCUT2D eigenvalue weighted by Crippen LogP contribution is 2.29. The fourth-order valence-corrected chi connectivity index (χ4v) is 2.42. The lowest BCUT2D eigenvalue weighted by Crippen LogP contribution is -2.23. The van der Waals surface area contributed by atoms with Crippen LogP contribution in [0.25, 0.3) is 10.9 Å². The SMILES string of the molecule is C=C(C)C(N)Cc1cn(C)c2c(N)ccc(C)c12. The number of fused-ring (bicyclic) bond motifs is 1. The van der Waals surface area contributed by atoms with Gasteiger partial charge in [0.25, 0.3) is 0 Å². The van der Waals surface area contributed by atoms with Crippen molar-refractivity contribution in [3.05, 3.63) is 41.6 Å². The van der Waals surface area contributed by atoms with Crippen molar-refractivity contribution in [2.45, 2.75) is 26.3 Å². The van der Waals surface area contributed by atoms with Gasteiger partial charge < -0.3 is 16.0 Å². The van der Waals surface area contributed by atoms with Gasteiger partial charge in [0, 0.05) is 24.7 Å². The molecule has 3 nitrogen and oxygen atoms in total. The Kier molecular flexibility index (Phi) is 3.18. The summed E-state index contributed by atoms with van der Waals surface area (Å²) in [5, 5.41) is 1.23. The standard InChI is InChI=1S/C15H21N3/c1-9(2)13(17)7-11-8-18(4)15-12(16)6-5-10(3)14(11)15/h5-6,8,13H,1,7,16-17H2,2-4H3. The maximum Gasteiger partial charge on any atom is 0.0716 e. The van der Waals surface area contributed by atoms with Crippen LogP contribution >= 0.6 is 0 Å². The summed E-state index contributed by atoms with van der Waals surface area (Å²) in [5.74, 6) is 0. The van der Waals surface area contributed by atoms with Gasteiger partial charge in [-0.05, 0) is 37.5 Å². The fraction of sp³-hybridized carbons (Fsp3) is 0.333. The highest BCUT2D eigenvalue weighted by Gasteiger charge is 2.14. The van der Waals surface area contributed by atoms with Gasteiger partial charge in [0.15, 0.2) is 0 Å². The second kappa shape index (κ2) is 4.50. The normalized spacial score (nSPS) is 12.9. The predicted octanol–water partition coefficient (Wildman–Crippen LogP) is 2.51. The largest absolute Gasteiger partial charge is 0.397 e. The number of nitrogens with zero attached hydrogens (tertiary/aromatic N) is 1. The molecule has 0 saturated carbocycles. The van der Waals surface area contributed by atoms with E-state index in [1.165, 1.54) is 16.5 Å². The minimum atomic E-state index is -0.00330. The van der Waals surface area contributed by atoms with Crippen molar-refractivity contribution in [2.75, 3.05) is 5.73 Å². The Bertz CT molecular complexity index is 608. The molecule has 0 spiro atoms. The minimum absolute atomic E-state index is 0.00330. The first-order valence-corrected chi connectivity index (χ1v) is 6.15. The number of aromatic nitrogens is 1. The zero-order valence-electron chi connectivity index (χ0n) is 11.3. The van der Waals surface area contributed by atoms with Crippen LogP contribution in [0.1, 0.15) is 18.1 Å². The van der Waals surface area contributed by atoms with Crippen LogP contribution in [0, 0.1) is 6.92 Å². The number of nitrogen functional groups attached to an aromatic ring is 1. The quantitative estimate of drug-likeness (QED) is 0.643. The van der Waals surface area contributed by atoms with Crippen molar-refractivity contribution < 1.29 is 0 Å². The molecule has 1 heterocycles. The summed E-state index contributed by atoms with van der Waals surface area (Å²) in [6, 6.07) is 4.02. The summed E-state index contributed by atoms with van der Waals surface area (Å²) in [5.41, 5.74) is 17.6. The number of nitrogens with two attached hydrogens (primary N) is 2. The van der Waals surface area contributed by atoms with Gasteiger partial charge in [0.2, 0.25) is 0 Å². The van der Waals surface area contributed by atoms with Gasteiger partial charge in [0.1, 0.15) is 0 Å². The number of benzene rings is 1. The minimum Gasteiger partial charge on any atom is -0.397 e. The van der Waals surface area contributed by atoms with Crippen LogP contribution in [0.2, 0.25) is 0 Å². The van der Waals surface area contributed by atoms with Crippen LogP contribution in [-0.4, -0.2) is 10.6 Å². The van der Waals surface area contributed by atoms with Crippen LogP contribution in [0.4, 0.5) is 5.69 Å². The highest BCUT2D eigenvalue weighted by molar-refractivity contribution is 5.95. The molecule has 1 unspecified atom stereocenters. The molecule has 4 N–H and O–H groups in total. The molecule has 0 amide bonds. The Labute approximate surface area is 108 Å². The molecular formula is C15H21N3. The van der Waals surface area contributed by atoms with Crippen LogP contribution in [0.3, 0.4) is 0 Å². The molecule has 18 heavy (non-hydrogen) atoms. The lowest BCUT2D eigenvalue weighted by molar-refractivity contribution is 0.766. The summed E-state index contributed by atoms with van der Waals surface area (Å²) >= 11 is 0. The van der Waals surface area contributed by atoms with E-state index in [9.17, 15) is 0 Å². The van der Waals surface area contributed by atoms with E-state index in [4.69, 9.17) is 11.5 Å². The van der Waals surface area contributed by atoms with E-state index in [1.807, 2.05) is 20.0 Å². The predicted molar refractivity (Wildman–Crippen MR) is 78.6 cm³/mol. The number of hydrogen-bond donors (Lipinski definition) is 2. The van der Waals surface area contributed by atoms with E-state index in [-0.39, 0.29) is 6.04 Å². The Balaban J connectivity index is 2.59. The molecule has 0 aliphatic rings. The smallest absolute Gasteiger partial charge is 0.0716 e. The van der Waals surface area contributed by atoms with E-state index >= 15 is 0 Å². The third-order valence-electron chi connectivity index (χ3n) is 3.51. The molecule has 1 aromatic heterocycles. The van der Waals surface area contributed by atoms with E-state index < -0.39 is 0 Å². The molecule has 2 rings (SSSR count). The molecule has 0 radical (unpaired) electrons. The van der Waals surface area contributed by atoms with Gasteiger partial charge in [-0.3, -0.25) is 0 Å². The first kappa shape index (κ1) is 12.7. The monoisotopic (exact) mass is 243 g/mol. The van der Waals surface area contributed by atoms with Crippen molar-refractivity contribution >= 4 is 16.6 Å². The van der Waals surface area contributed by atoms with Gasteiger partial charge in [-0.2, -0.15) is 0 Å². The average molecular weight is 243 g/mol. The second-order valence-electron chi connectivity index (χ2n) is 5.12. The Morgan fingerprint density at radius 3 is 2.72 bits per heavy atom. The topological polar surface area (TPSA) is 57.0 Å². The van der Waals surface area contributed by atoms with Crippen molar-refractivity contribution in [2.24, 2.45) is 12.8 Å². The Morgan fingerprint density at radius 1 is 1.44 bits per heavy atom. The van der Waals surface area contributed by atoms with Crippen LogP contribution < -0.4 is 11.5 Å². The number of hydrogen-bond acceptors (Lipinski definition) is 2. The molecule has 0 bridgehead atoms. The van der Waals surface area contributed by atoms with E-state index in [2.05, 4.69) is 30.3 Å². The number of rotatable bonds is 3. The molecule has 1 atom stereocenters. The number of aryl methyl sites for hydroxylation is 2. The van der Waals surface area contributed by atoms with Crippen LogP contribution in [0.15, 0.2) is 30.5 Å². The lowest BCUT2D eigenvalue weighted by atomic mass is 9.99. The van der Waals surface area contributed by atoms with Gasteiger partial charge in [-0.1, -0.05) is 18.2 Å². The van der Waals surface area contributed by atoms with Crippen molar-refractivity contribution in [3.63, 3.8) is 0 Å². The van der Waals surface area contributed by atoms with E-state index in [0.717, 1.165) is 23.2 Å². The molecular weight excluding hydrogens is 222 g/mol. The van der Waals surface area contributed by atoms with E-state index in [0.29, 0.717) is 0 Å². The summed E-state index contributed by atoms with van der Waals surface area (Å²) in [6.07, 6.45) is 2.92. The maximum absolute atomic E-state index is 6.10. The Hall–Kier alpha value is -1.74. The summed E-state index contributed by atoms with van der Waals surface area (Å²) in [7, 11) is 2.02. The molecule has 3 heteroatoms. The molecule has 0 saturated heterocycles. The molecule has 96 valence electrons. The first-order valence-electron chi connectivity index (χ1n) is 6.15. The fourth-order valence-electron chi connectivity index (χ4n) is 2.42. The number of anilines is 1. The second-order valence-corrected chi connectivity index (χ2v) is 5.12. The molecule has 0 fully saturated rings. The van der Waals surface area contributed by atoms with Gasteiger partial charge in [-0.25, -0.2) is 0 Å². The van der Waals surface area contributed by atoms with Crippen molar-refractivity contribution in [3.8, 4) is 0 Å². The van der Waals surface area contributed by atoms with Gasteiger partial charge >= 0.3 is 0 Å². The third kappa shape index (κ3) is 2.02. The van der Waals surface area contributed by atoms with E-state index in [1.54, 1.807) is 0 Å². The molecule has 0 aliphatic heterocycles. The average Bonchev–Trinajstić information content (AvgIpc) is 2.62. The van der Waals surface area contributed by atoms with Gasteiger partial charge in [-0.15, -0.1) is 0 Å². The molecule has 2 aromatic rings. The summed E-state index contributed by atoms with van der Waals surface area (Å²) < 4.78 is 2.08.